The minimum atomic E-state index is 0.663. The number of aromatic nitrogens is 4. The fourth-order valence-electron chi connectivity index (χ4n) is 1.88. The molecule has 0 spiro atoms. The molecule has 5 heteroatoms. The first-order chi connectivity index (χ1) is 9.31. The smallest absolute Gasteiger partial charge is 0.181 e. The van der Waals surface area contributed by atoms with Crippen LogP contribution in [-0.2, 0) is 6.42 Å². The van der Waals surface area contributed by atoms with E-state index >= 15 is 0 Å². The second-order valence-corrected chi connectivity index (χ2v) is 4.26. The molecule has 1 aromatic carbocycles. The normalized spacial score (nSPS) is 10.5. The van der Waals surface area contributed by atoms with E-state index in [0.717, 1.165) is 17.0 Å². The van der Waals surface area contributed by atoms with Crippen molar-refractivity contribution >= 4 is 5.69 Å². The summed E-state index contributed by atoms with van der Waals surface area (Å²) in [7, 11) is 0. The number of benzene rings is 1. The number of hydrogen-bond acceptors (Lipinski definition) is 4. The van der Waals surface area contributed by atoms with Gasteiger partial charge < -0.3 is 5.73 Å². The van der Waals surface area contributed by atoms with Crippen LogP contribution in [-0.4, -0.2) is 20.2 Å². The predicted octanol–water partition coefficient (Wildman–Crippen LogP) is 2.04. The van der Waals surface area contributed by atoms with Gasteiger partial charge in [-0.3, -0.25) is 10.1 Å². The highest BCUT2D eigenvalue weighted by Crippen LogP contribution is 2.17. The largest absolute Gasteiger partial charge is 0.399 e. The Morgan fingerprint density at radius 1 is 1.11 bits per heavy atom. The molecule has 3 rings (SSSR count). The van der Waals surface area contributed by atoms with E-state index in [1.54, 1.807) is 12.4 Å². The molecule has 2 aromatic heterocycles. The first-order valence-electron chi connectivity index (χ1n) is 5.97. The highest BCUT2D eigenvalue weighted by molar-refractivity contribution is 5.60. The maximum absolute atomic E-state index is 5.75. The number of rotatable bonds is 3. The predicted molar refractivity (Wildman–Crippen MR) is 73.3 cm³/mol. The van der Waals surface area contributed by atoms with Gasteiger partial charge in [-0.2, -0.15) is 5.10 Å². The summed E-state index contributed by atoms with van der Waals surface area (Å²) in [6, 6.07) is 11.5. The Morgan fingerprint density at radius 3 is 2.74 bits per heavy atom. The van der Waals surface area contributed by atoms with Gasteiger partial charge in [0.25, 0.3) is 0 Å². The molecule has 0 aliphatic heterocycles. The van der Waals surface area contributed by atoms with Crippen molar-refractivity contribution < 1.29 is 0 Å². The zero-order valence-corrected chi connectivity index (χ0v) is 10.2. The molecule has 0 unspecified atom stereocenters. The summed E-state index contributed by atoms with van der Waals surface area (Å²) >= 11 is 0. The van der Waals surface area contributed by atoms with Gasteiger partial charge >= 0.3 is 0 Å². The standard InChI is InChI=1S/C14H13N5/c15-12-3-1-2-11(9-12)14-17-13(18-19-14)8-10-4-6-16-7-5-10/h1-7,9H,8,15H2,(H,17,18,19). The minimum absolute atomic E-state index is 0.663. The summed E-state index contributed by atoms with van der Waals surface area (Å²) in [5.74, 6) is 1.49. The van der Waals surface area contributed by atoms with Crippen molar-refractivity contribution in [1.82, 2.24) is 20.2 Å². The summed E-state index contributed by atoms with van der Waals surface area (Å²) < 4.78 is 0. The zero-order chi connectivity index (χ0) is 13.1. The van der Waals surface area contributed by atoms with Crippen molar-refractivity contribution in [2.45, 2.75) is 6.42 Å². The lowest BCUT2D eigenvalue weighted by Gasteiger charge is -1.97. The SMILES string of the molecule is Nc1cccc(-c2n[nH]c(Cc3ccncc3)n2)c1. The van der Waals surface area contributed by atoms with Crippen molar-refractivity contribution in [1.29, 1.82) is 0 Å². The summed E-state index contributed by atoms with van der Waals surface area (Å²) in [6.07, 6.45) is 4.24. The van der Waals surface area contributed by atoms with E-state index in [2.05, 4.69) is 20.2 Å². The van der Waals surface area contributed by atoms with Crippen molar-refractivity contribution in [3.8, 4) is 11.4 Å². The molecule has 5 nitrogen and oxygen atoms in total. The molecule has 94 valence electrons. The summed E-state index contributed by atoms with van der Waals surface area (Å²) in [6.45, 7) is 0. The Balaban J connectivity index is 1.84. The van der Waals surface area contributed by atoms with Crippen LogP contribution in [0.1, 0.15) is 11.4 Å². The molecular weight excluding hydrogens is 238 g/mol. The van der Waals surface area contributed by atoms with E-state index < -0.39 is 0 Å². The lowest BCUT2D eigenvalue weighted by atomic mass is 10.2. The molecule has 0 amide bonds. The third-order valence-electron chi connectivity index (χ3n) is 2.80. The third-order valence-corrected chi connectivity index (χ3v) is 2.80. The van der Waals surface area contributed by atoms with Gasteiger partial charge in [0.15, 0.2) is 5.82 Å². The highest BCUT2D eigenvalue weighted by atomic mass is 15.2. The van der Waals surface area contributed by atoms with E-state index in [1.807, 2.05) is 36.4 Å². The van der Waals surface area contributed by atoms with Crippen LogP contribution < -0.4 is 5.73 Å². The average Bonchev–Trinajstić information content (AvgIpc) is 2.88. The van der Waals surface area contributed by atoms with E-state index in [-0.39, 0.29) is 0 Å². The van der Waals surface area contributed by atoms with Crippen molar-refractivity contribution in [3.63, 3.8) is 0 Å². The number of nitrogen functional groups attached to an aromatic ring is 1. The Morgan fingerprint density at radius 2 is 1.95 bits per heavy atom. The van der Waals surface area contributed by atoms with Crippen LogP contribution >= 0.6 is 0 Å². The molecule has 3 aromatic rings. The van der Waals surface area contributed by atoms with E-state index in [1.165, 1.54) is 0 Å². The molecule has 0 atom stereocenters. The number of nitrogens with one attached hydrogen (secondary N) is 1. The van der Waals surface area contributed by atoms with Crippen LogP contribution in [0.2, 0.25) is 0 Å². The number of anilines is 1. The van der Waals surface area contributed by atoms with Gasteiger partial charge in [-0.15, -0.1) is 0 Å². The molecule has 2 heterocycles. The van der Waals surface area contributed by atoms with Gasteiger partial charge in [-0.05, 0) is 29.8 Å². The number of aromatic amines is 1. The summed E-state index contributed by atoms with van der Waals surface area (Å²) in [5, 5.41) is 7.17. The number of H-pyrrole nitrogens is 1. The van der Waals surface area contributed by atoms with Crippen LogP contribution in [0.5, 0.6) is 0 Å². The van der Waals surface area contributed by atoms with Gasteiger partial charge in [0.1, 0.15) is 5.82 Å². The number of hydrogen-bond donors (Lipinski definition) is 2. The Bertz CT molecular complexity index is 675. The Kier molecular flexibility index (Phi) is 2.94. The van der Waals surface area contributed by atoms with Gasteiger partial charge in [-0.25, -0.2) is 4.98 Å². The molecule has 0 aliphatic carbocycles. The van der Waals surface area contributed by atoms with Crippen LogP contribution in [0.4, 0.5) is 5.69 Å². The van der Waals surface area contributed by atoms with Crippen LogP contribution in [0.25, 0.3) is 11.4 Å². The number of nitrogens with zero attached hydrogens (tertiary/aromatic N) is 3. The maximum Gasteiger partial charge on any atom is 0.181 e. The van der Waals surface area contributed by atoms with Crippen molar-refractivity contribution in [3.05, 3.63) is 60.2 Å². The summed E-state index contributed by atoms with van der Waals surface area (Å²) in [5.41, 5.74) is 8.52. The lowest BCUT2D eigenvalue weighted by Crippen LogP contribution is -1.91. The molecule has 3 N–H and O–H groups in total. The van der Waals surface area contributed by atoms with Crippen LogP contribution in [0.3, 0.4) is 0 Å². The average molecular weight is 251 g/mol. The quantitative estimate of drug-likeness (QED) is 0.698. The van der Waals surface area contributed by atoms with Crippen molar-refractivity contribution in [2.24, 2.45) is 0 Å². The Labute approximate surface area is 110 Å². The van der Waals surface area contributed by atoms with Crippen molar-refractivity contribution in [2.75, 3.05) is 5.73 Å². The molecule has 0 radical (unpaired) electrons. The first kappa shape index (κ1) is 11.4. The van der Waals surface area contributed by atoms with E-state index in [0.29, 0.717) is 17.9 Å². The second kappa shape index (κ2) is 4.89. The fourth-order valence-corrected chi connectivity index (χ4v) is 1.88. The number of pyridine rings is 1. The fraction of sp³-hybridized carbons (Fsp3) is 0.0714. The highest BCUT2D eigenvalue weighted by Gasteiger charge is 2.06. The van der Waals surface area contributed by atoms with E-state index in [4.69, 9.17) is 5.73 Å². The topological polar surface area (TPSA) is 80.5 Å². The second-order valence-electron chi connectivity index (χ2n) is 4.26. The van der Waals surface area contributed by atoms with Crippen LogP contribution in [0.15, 0.2) is 48.8 Å². The molecule has 0 aliphatic rings. The van der Waals surface area contributed by atoms with Gasteiger partial charge in [-0.1, -0.05) is 12.1 Å². The Hall–Kier alpha value is -2.69. The monoisotopic (exact) mass is 251 g/mol. The van der Waals surface area contributed by atoms with Crippen LogP contribution in [0, 0.1) is 0 Å². The molecule has 0 bridgehead atoms. The molecule has 0 fully saturated rings. The summed E-state index contributed by atoms with van der Waals surface area (Å²) in [4.78, 5) is 8.46. The maximum atomic E-state index is 5.75. The first-order valence-corrected chi connectivity index (χ1v) is 5.97. The lowest BCUT2D eigenvalue weighted by molar-refractivity contribution is 0.970. The molecule has 19 heavy (non-hydrogen) atoms. The third kappa shape index (κ3) is 2.60. The molecular formula is C14H13N5. The molecule has 0 saturated heterocycles. The van der Waals surface area contributed by atoms with Gasteiger partial charge in [0.2, 0.25) is 0 Å². The van der Waals surface area contributed by atoms with Gasteiger partial charge in [0, 0.05) is 30.1 Å². The molecule has 0 saturated carbocycles. The minimum Gasteiger partial charge on any atom is -0.399 e. The zero-order valence-electron chi connectivity index (χ0n) is 10.2. The van der Waals surface area contributed by atoms with E-state index in [9.17, 15) is 0 Å². The van der Waals surface area contributed by atoms with Gasteiger partial charge in [0.05, 0.1) is 0 Å². The number of nitrogens with two attached hydrogens (primary N) is 1.